The van der Waals surface area contributed by atoms with E-state index in [0.717, 1.165) is 19.3 Å². The molecule has 0 aromatic rings. The van der Waals surface area contributed by atoms with Gasteiger partial charge in [-0.1, -0.05) is 26.7 Å². The average Bonchev–Trinajstić information content (AvgIpc) is 2.38. The summed E-state index contributed by atoms with van der Waals surface area (Å²) in [6.07, 6.45) is 4.69. The molecule has 2 atom stereocenters. The van der Waals surface area contributed by atoms with Crippen LogP contribution in [0.25, 0.3) is 0 Å². The van der Waals surface area contributed by atoms with Crippen LogP contribution in [0.4, 0.5) is 4.79 Å². The number of piperidine rings is 1. The molecule has 0 bridgehead atoms. The van der Waals surface area contributed by atoms with Crippen LogP contribution in [0.1, 0.15) is 52.9 Å². The largest absolute Gasteiger partial charge is 0.481 e. The Labute approximate surface area is 121 Å². The Bertz CT molecular complexity index is 331. The lowest BCUT2D eigenvalue weighted by Gasteiger charge is -2.31. The van der Waals surface area contributed by atoms with E-state index in [9.17, 15) is 9.59 Å². The summed E-state index contributed by atoms with van der Waals surface area (Å²) < 4.78 is 0. The molecule has 0 spiro atoms. The van der Waals surface area contributed by atoms with Crippen molar-refractivity contribution in [2.24, 2.45) is 11.8 Å². The first-order valence-corrected chi connectivity index (χ1v) is 7.68. The third kappa shape index (κ3) is 5.80. The van der Waals surface area contributed by atoms with Crippen molar-refractivity contribution in [3.8, 4) is 0 Å². The summed E-state index contributed by atoms with van der Waals surface area (Å²) in [5, 5.41) is 12.0. The van der Waals surface area contributed by atoms with Crippen molar-refractivity contribution in [3.63, 3.8) is 0 Å². The number of nitrogens with zero attached hydrogens (tertiary/aromatic N) is 1. The van der Waals surface area contributed by atoms with E-state index in [0.29, 0.717) is 25.4 Å². The summed E-state index contributed by atoms with van der Waals surface area (Å²) in [4.78, 5) is 24.7. The summed E-state index contributed by atoms with van der Waals surface area (Å²) >= 11 is 0. The topological polar surface area (TPSA) is 69.6 Å². The summed E-state index contributed by atoms with van der Waals surface area (Å²) in [7, 11) is 0. The molecule has 1 aliphatic heterocycles. The van der Waals surface area contributed by atoms with Crippen LogP contribution in [0.3, 0.4) is 0 Å². The summed E-state index contributed by atoms with van der Waals surface area (Å²) in [5.74, 6) is -0.519. The molecule has 1 saturated heterocycles. The maximum absolute atomic E-state index is 12.1. The van der Waals surface area contributed by atoms with Gasteiger partial charge in [-0.15, -0.1) is 0 Å². The van der Waals surface area contributed by atoms with Crippen LogP contribution < -0.4 is 5.32 Å². The Morgan fingerprint density at radius 1 is 1.30 bits per heavy atom. The number of likely N-dealkylation sites (tertiary alicyclic amines) is 1. The Balaban J connectivity index is 2.32. The van der Waals surface area contributed by atoms with Gasteiger partial charge in [0.25, 0.3) is 0 Å². The zero-order chi connectivity index (χ0) is 15.1. The molecule has 0 aromatic carbocycles. The van der Waals surface area contributed by atoms with Gasteiger partial charge in [-0.25, -0.2) is 4.79 Å². The van der Waals surface area contributed by atoms with Gasteiger partial charge in [-0.3, -0.25) is 4.79 Å². The molecule has 5 heteroatoms. The van der Waals surface area contributed by atoms with Gasteiger partial charge in [-0.05, 0) is 32.1 Å². The molecule has 1 fully saturated rings. The Kier molecular flexibility index (Phi) is 6.82. The van der Waals surface area contributed by atoms with E-state index in [1.165, 1.54) is 6.42 Å². The number of urea groups is 1. The van der Waals surface area contributed by atoms with E-state index in [1.807, 2.05) is 6.92 Å². The lowest BCUT2D eigenvalue weighted by Crippen LogP contribution is -2.49. The van der Waals surface area contributed by atoms with Crippen molar-refractivity contribution in [2.45, 2.75) is 58.9 Å². The highest BCUT2D eigenvalue weighted by atomic mass is 16.4. The van der Waals surface area contributed by atoms with E-state index in [4.69, 9.17) is 5.11 Å². The highest BCUT2D eigenvalue weighted by molar-refractivity contribution is 5.76. The molecule has 0 radical (unpaired) electrons. The van der Waals surface area contributed by atoms with Crippen molar-refractivity contribution in [1.29, 1.82) is 0 Å². The molecular weight excluding hydrogens is 256 g/mol. The molecule has 1 aliphatic rings. The van der Waals surface area contributed by atoms with Crippen LogP contribution in [0.5, 0.6) is 0 Å². The molecule has 0 aliphatic carbocycles. The molecular formula is C15H28N2O3. The zero-order valence-corrected chi connectivity index (χ0v) is 12.9. The van der Waals surface area contributed by atoms with Gasteiger partial charge in [-0.2, -0.15) is 0 Å². The van der Waals surface area contributed by atoms with E-state index in [2.05, 4.69) is 19.2 Å². The van der Waals surface area contributed by atoms with Gasteiger partial charge >= 0.3 is 12.0 Å². The monoisotopic (exact) mass is 284 g/mol. The van der Waals surface area contributed by atoms with Gasteiger partial charge in [0.2, 0.25) is 0 Å². The zero-order valence-electron chi connectivity index (χ0n) is 12.9. The van der Waals surface area contributed by atoms with Gasteiger partial charge in [0.1, 0.15) is 0 Å². The number of carboxylic acids is 1. The van der Waals surface area contributed by atoms with Crippen LogP contribution in [0, 0.1) is 11.8 Å². The van der Waals surface area contributed by atoms with Crippen molar-refractivity contribution in [3.05, 3.63) is 0 Å². The predicted molar refractivity (Wildman–Crippen MR) is 78.6 cm³/mol. The van der Waals surface area contributed by atoms with E-state index in [-0.39, 0.29) is 12.1 Å². The number of amides is 2. The first-order chi connectivity index (χ1) is 9.40. The lowest BCUT2D eigenvalue weighted by molar-refractivity contribution is -0.143. The number of hydrogen-bond acceptors (Lipinski definition) is 2. The van der Waals surface area contributed by atoms with Crippen molar-refractivity contribution >= 4 is 12.0 Å². The van der Waals surface area contributed by atoms with E-state index < -0.39 is 11.9 Å². The van der Waals surface area contributed by atoms with Crippen LogP contribution in [0.15, 0.2) is 0 Å². The van der Waals surface area contributed by atoms with Crippen LogP contribution in [-0.4, -0.2) is 41.1 Å². The molecule has 1 heterocycles. The molecule has 1 unspecified atom stereocenters. The first-order valence-electron chi connectivity index (χ1n) is 7.68. The maximum atomic E-state index is 12.1. The standard InChI is InChI=1S/C15H28N2O3/c1-11(2)6-4-7-12(3)16-15(20)17-9-5-8-13(10-17)14(18)19/h11-13H,4-10H2,1-3H3,(H,16,20)(H,18,19)/t12?,13-/m1/s1. The molecule has 1 rings (SSSR count). The highest BCUT2D eigenvalue weighted by Gasteiger charge is 2.28. The lowest BCUT2D eigenvalue weighted by atomic mass is 9.98. The van der Waals surface area contributed by atoms with Gasteiger partial charge < -0.3 is 15.3 Å². The molecule has 2 amide bonds. The fraction of sp³-hybridized carbons (Fsp3) is 0.867. The molecule has 2 N–H and O–H groups in total. The number of aliphatic carboxylic acids is 1. The second-order valence-corrected chi connectivity index (χ2v) is 6.30. The fourth-order valence-corrected chi connectivity index (χ4v) is 2.57. The van der Waals surface area contributed by atoms with Gasteiger partial charge in [0.15, 0.2) is 0 Å². The second kappa shape index (κ2) is 8.12. The minimum Gasteiger partial charge on any atom is -0.481 e. The SMILES string of the molecule is CC(C)CCCC(C)NC(=O)N1CCC[C@@H](C(=O)O)C1. The highest BCUT2D eigenvalue weighted by Crippen LogP contribution is 2.17. The van der Waals surface area contributed by atoms with Crippen LogP contribution in [-0.2, 0) is 4.79 Å². The van der Waals surface area contributed by atoms with E-state index in [1.54, 1.807) is 4.90 Å². The molecule has 116 valence electrons. The summed E-state index contributed by atoms with van der Waals surface area (Å²) in [5.41, 5.74) is 0. The van der Waals surface area contributed by atoms with Gasteiger partial charge in [0.05, 0.1) is 5.92 Å². The Morgan fingerprint density at radius 3 is 2.60 bits per heavy atom. The average molecular weight is 284 g/mol. The Hall–Kier alpha value is -1.26. The molecule has 20 heavy (non-hydrogen) atoms. The third-order valence-corrected chi connectivity index (χ3v) is 3.85. The normalized spacial score (nSPS) is 20.8. The Morgan fingerprint density at radius 2 is 2.00 bits per heavy atom. The van der Waals surface area contributed by atoms with Crippen molar-refractivity contribution in [2.75, 3.05) is 13.1 Å². The fourth-order valence-electron chi connectivity index (χ4n) is 2.57. The van der Waals surface area contributed by atoms with Gasteiger partial charge in [0, 0.05) is 19.1 Å². The number of carbonyl (C=O) groups excluding carboxylic acids is 1. The maximum Gasteiger partial charge on any atom is 0.317 e. The van der Waals surface area contributed by atoms with Crippen molar-refractivity contribution < 1.29 is 14.7 Å². The van der Waals surface area contributed by atoms with Crippen molar-refractivity contribution in [1.82, 2.24) is 10.2 Å². The summed E-state index contributed by atoms with van der Waals surface area (Å²) in [6, 6.07) is 0.0273. The van der Waals surface area contributed by atoms with E-state index >= 15 is 0 Å². The number of carboxylic acid groups (broad SMARTS) is 1. The predicted octanol–water partition coefficient (Wildman–Crippen LogP) is 2.71. The molecule has 0 aromatic heterocycles. The number of hydrogen-bond donors (Lipinski definition) is 2. The summed E-state index contributed by atoms with van der Waals surface area (Å²) in [6.45, 7) is 7.40. The molecule has 0 saturated carbocycles. The minimum absolute atomic E-state index is 0.118. The number of nitrogens with one attached hydrogen (secondary N) is 1. The minimum atomic E-state index is -0.799. The molecule has 5 nitrogen and oxygen atoms in total. The van der Waals surface area contributed by atoms with Crippen LogP contribution in [0.2, 0.25) is 0 Å². The quantitative estimate of drug-likeness (QED) is 0.788. The van der Waals surface area contributed by atoms with Crippen LogP contribution >= 0.6 is 0 Å². The second-order valence-electron chi connectivity index (χ2n) is 6.30. The smallest absolute Gasteiger partial charge is 0.317 e. The number of carbonyl (C=O) groups is 2. The number of rotatable bonds is 6. The first kappa shape index (κ1) is 16.8. The third-order valence-electron chi connectivity index (χ3n) is 3.85.